The third-order valence-electron chi connectivity index (χ3n) is 8.55. The first-order valence-corrected chi connectivity index (χ1v) is 22.5. The van der Waals surface area contributed by atoms with Crippen LogP contribution in [0.15, 0.2) is 60.8 Å². The number of allylic oxidation sites excluding steroid dienone is 10. The molecule has 1 unspecified atom stereocenters. The summed E-state index contributed by atoms with van der Waals surface area (Å²) < 4.78 is 34.2. The van der Waals surface area contributed by atoms with Crippen LogP contribution in [0.25, 0.3) is 0 Å². The number of carbonyl (C=O) groups excluding carboxylic acids is 2. The van der Waals surface area contributed by atoms with Gasteiger partial charge in [0.2, 0.25) is 0 Å². The number of phosphoric acid groups is 1. The van der Waals surface area contributed by atoms with Crippen molar-refractivity contribution >= 4 is 19.8 Å². The summed E-state index contributed by atoms with van der Waals surface area (Å²) in [6, 6.07) is 0. The van der Waals surface area contributed by atoms with Crippen LogP contribution in [0.3, 0.4) is 0 Å². The fourth-order valence-electron chi connectivity index (χ4n) is 5.19. The van der Waals surface area contributed by atoms with Crippen LogP contribution in [0.4, 0.5) is 0 Å². The minimum absolute atomic E-state index is 0.0198. The molecule has 0 aromatic heterocycles. The Labute approximate surface area is 330 Å². The van der Waals surface area contributed by atoms with Crippen molar-refractivity contribution in [3.63, 3.8) is 0 Å². The summed E-state index contributed by atoms with van der Waals surface area (Å²) in [5, 5.41) is 0. The predicted octanol–water partition coefficient (Wildman–Crippen LogP) is 11.7. The van der Waals surface area contributed by atoms with Gasteiger partial charge in [-0.2, -0.15) is 0 Å². The van der Waals surface area contributed by atoms with Gasteiger partial charge in [0.15, 0.2) is 6.10 Å². The normalized spacial score (nSPS) is 14.3. The van der Waals surface area contributed by atoms with Gasteiger partial charge >= 0.3 is 19.8 Å². The van der Waals surface area contributed by atoms with E-state index in [1.54, 1.807) is 0 Å². The van der Waals surface area contributed by atoms with Gasteiger partial charge in [0, 0.05) is 12.8 Å². The zero-order valence-corrected chi connectivity index (χ0v) is 35.8. The average Bonchev–Trinajstić information content (AvgIpc) is 3.12. The van der Waals surface area contributed by atoms with Gasteiger partial charge in [-0.05, 0) is 77.0 Å². The number of unbranched alkanes of at least 4 members (excludes halogenated alkanes) is 14. The second kappa shape index (κ2) is 36.4. The van der Waals surface area contributed by atoms with Crippen LogP contribution in [-0.4, -0.2) is 74.9 Å². The summed E-state index contributed by atoms with van der Waals surface area (Å²) in [5.41, 5.74) is 0. The van der Waals surface area contributed by atoms with E-state index in [9.17, 15) is 19.0 Å². The lowest BCUT2D eigenvalue weighted by Gasteiger charge is -2.24. The highest BCUT2D eigenvalue weighted by Crippen LogP contribution is 2.43. The van der Waals surface area contributed by atoms with Crippen molar-refractivity contribution < 1.29 is 42.1 Å². The summed E-state index contributed by atoms with van der Waals surface area (Å²) >= 11 is 0. The Balaban J connectivity index is 4.50. The Morgan fingerprint density at radius 1 is 0.593 bits per heavy atom. The fourth-order valence-corrected chi connectivity index (χ4v) is 5.93. The smallest absolute Gasteiger partial charge is 0.462 e. The lowest BCUT2D eigenvalue weighted by molar-refractivity contribution is -0.870. The van der Waals surface area contributed by atoms with E-state index in [1.807, 2.05) is 21.1 Å². The first-order chi connectivity index (χ1) is 26.0. The maximum Gasteiger partial charge on any atom is 0.472 e. The number of esters is 2. The highest BCUT2D eigenvalue weighted by Gasteiger charge is 2.27. The van der Waals surface area contributed by atoms with E-state index < -0.39 is 32.5 Å². The first-order valence-electron chi connectivity index (χ1n) is 21.0. The molecule has 54 heavy (non-hydrogen) atoms. The monoisotopic (exact) mass is 781 g/mol. The van der Waals surface area contributed by atoms with Crippen LogP contribution >= 0.6 is 7.82 Å². The quantitative estimate of drug-likeness (QED) is 0.0166. The van der Waals surface area contributed by atoms with E-state index in [0.717, 1.165) is 70.6 Å². The largest absolute Gasteiger partial charge is 0.472 e. The zero-order chi connectivity index (χ0) is 40.0. The molecule has 0 saturated carbocycles. The highest BCUT2D eigenvalue weighted by atomic mass is 31.2. The lowest BCUT2D eigenvalue weighted by Crippen LogP contribution is -2.37. The molecule has 0 aliphatic rings. The number of nitrogens with zero attached hydrogens (tertiary/aromatic N) is 1. The van der Waals surface area contributed by atoms with E-state index in [0.29, 0.717) is 23.9 Å². The Morgan fingerprint density at radius 2 is 1.06 bits per heavy atom. The van der Waals surface area contributed by atoms with Gasteiger partial charge in [0.05, 0.1) is 27.7 Å². The van der Waals surface area contributed by atoms with Crippen molar-refractivity contribution in [2.45, 2.75) is 161 Å². The number of likely N-dealkylation sites (N-methyl/N-ethyl adjacent to an activating group) is 1. The number of ether oxygens (including phenoxy) is 2. The minimum atomic E-state index is -4.39. The van der Waals surface area contributed by atoms with Gasteiger partial charge in [-0.1, -0.05) is 126 Å². The highest BCUT2D eigenvalue weighted by molar-refractivity contribution is 7.47. The molecule has 9 nitrogen and oxygen atoms in total. The first kappa shape index (κ1) is 51.7. The van der Waals surface area contributed by atoms with Crippen molar-refractivity contribution in [2.24, 2.45) is 0 Å². The molecule has 0 aliphatic carbocycles. The Morgan fingerprint density at radius 3 is 1.67 bits per heavy atom. The van der Waals surface area contributed by atoms with E-state index in [1.165, 1.54) is 44.9 Å². The Bertz CT molecular complexity index is 1110. The van der Waals surface area contributed by atoms with Crippen LogP contribution in [0.5, 0.6) is 0 Å². The Hall–Kier alpha value is -2.29. The van der Waals surface area contributed by atoms with Crippen LogP contribution < -0.4 is 0 Å². The van der Waals surface area contributed by atoms with Crippen molar-refractivity contribution in [1.82, 2.24) is 0 Å². The van der Waals surface area contributed by atoms with Crippen molar-refractivity contribution in [3.05, 3.63) is 60.8 Å². The second-order valence-electron chi connectivity index (χ2n) is 15.0. The van der Waals surface area contributed by atoms with E-state index in [4.69, 9.17) is 18.5 Å². The predicted molar refractivity (Wildman–Crippen MR) is 224 cm³/mol. The molecule has 10 heteroatoms. The second-order valence-corrected chi connectivity index (χ2v) is 16.5. The molecule has 0 aliphatic heterocycles. The number of phosphoric ester groups is 1. The molecule has 1 N–H and O–H groups in total. The van der Waals surface area contributed by atoms with Crippen LogP contribution in [-0.2, 0) is 32.7 Å². The minimum Gasteiger partial charge on any atom is -0.462 e. The molecule has 0 aromatic rings. The molecular formula is C44H79NO8P+. The molecule has 0 bridgehead atoms. The van der Waals surface area contributed by atoms with Gasteiger partial charge in [0.25, 0.3) is 0 Å². The van der Waals surface area contributed by atoms with Crippen LogP contribution in [0, 0.1) is 0 Å². The number of carbonyl (C=O) groups is 2. The molecule has 0 saturated heterocycles. The van der Waals surface area contributed by atoms with Crippen molar-refractivity contribution in [2.75, 3.05) is 47.5 Å². The number of hydrogen-bond donors (Lipinski definition) is 1. The van der Waals surface area contributed by atoms with E-state index in [2.05, 4.69) is 74.6 Å². The summed E-state index contributed by atoms with van der Waals surface area (Å²) in [5.74, 6) is -0.867. The molecule has 0 radical (unpaired) electrons. The molecular weight excluding hydrogens is 701 g/mol. The molecule has 0 amide bonds. The van der Waals surface area contributed by atoms with Crippen molar-refractivity contribution in [3.8, 4) is 0 Å². The summed E-state index contributed by atoms with van der Waals surface area (Å²) in [6.07, 6.45) is 42.7. The molecule has 0 rings (SSSR count). The van der Waals surface area contributed by atoms with Gasteiger partial charge in [0.1, 0.15) is 19.8 Å². The third-order valence-corrected chi connectivity index (χ3v) is 9.53. The SMILES string of the molecule is CCCCC/C=C/C/C=C/C/C=C/CCCCC(=O)OC[C@H](COP(=O)(O)OCC[N+](C)(C)C)OC(=O)CCCCCCC/C=C/C=C/CCCCCC. The Kier molecular flexibility index (Phi) is 34.8. The maximum absolute atomic E-state index is 12.7. The average molecular weight is 781 g/mol. The van der Waals surface area contributed by atoms with E-state index in [-0.39, 0.29) is 26.1 Å². The molecule has 2 atom stereocenters. The topological polar surface area (TPSA) is 108 Å². The van der Waals surface area contributed by atoms with Gasteiger partial charge in [-0.3, -0.25) is 18.6 Å². The van der Waals surface area contributed by atoms with Crippen LogP contribution in [0.2, 0.25) is 0 Å². The van der Waals surface area contributed by atoms with Crippen molar-refractivity contribution in [1.29, 1.82) is 0 Å². The number of quaternary nitrogens is 1. The number of rotatable bonds is 37. The summed E-state index contributed by atoms with van der Waals surface area (Å²) in [4.78, 5) is 35.3. The van der Waals surface area contributed by atoms with Crippen LogP contribution in [0.1, 0.15) is 155 Å². The zero-order valence-electron chi connectivity index (χ0n) is 34.9. The summed E-state index contributed by atoms with van der Waals surface area (Å²) in [6.45, 7) is 4.29. The molecule has 0 spiro atoms. The van der Waals surface area contributed by atoms with Gasteiger partial charge in [-0.15, -0.1) is 0 Å². The maximum atomic E-state index is 12.7. The molecule has 0 heterocycles. The molecule has 0 fully saturated rings. The summed E-state index contributed by atoms with van der Waals surface area (Å²) in [7, 11) is 1.43. The molecule has 312 valence electrons. The lowest BCUT2D eigenvalue weighted by atomic mass is 10.1. The number of hydrogen-bond acceptors (Lipinski definition) is 7. The van der Waals surface area contributed by atoms with Gasteiger partial charge in [-0.25, -0.2) is 4.57 Å². The molecule has 0 aromatic carbocycles. The van der Waals surface area contributed by atoms with Gasteiger partial charge < -0.3 is 18.9 Å². The standard InChI is InChI=1S/C44H78NO8P/c1-6-8-10-12-14-16-18-20-22-24-26-28-30-32-34-36-43(46)50-40-42(41-52-54(48,49)51-39-38-45(3,4)5)53-44(47)37-35-33-31-29-27-25-23-21-19-17-15-13-11-9-7-2/h14,16-17,19-23,26,28,42H,6-13,15,18,24-25,27,29-41H2,1-5H3/p+1/b16-14+,19-17+,22-20+,23-21+,28-26+/t42-/m1/s1. The fraction of sp³-hybridized carbons (Fsp3) is 0.727. The third kappa shape index (κ3) is 39.4. The van der Waals surface area contributed by atoms with E-state index >= 15 is 0 Å².